The number of aromatic amines is 1. The maximum atomic E-state index is 13.6. The molecule has 4 heterocycles. The summed E-state index contributed by atoms with van der Waals surface area (Å²) in [5.74, 6) is 1.92. The largest absolute Gasteiger partial charge is 0.350 e. The Bertz CT molecular complexity index is 1090. The fourth-order valence-electron chi connectivity index (χ4n) is 4.70. The Labute approximate surface area is 168 Å². The van der Waals surface area contributed by atoms with Crippen LogP contribution in [0.3, 0.4) is 0 Å². The lowest BCUT2D eigenvalue weighted by atomic mass is 9.97. The zero-order valence-corrected chi connectivity index (χ0v) is 16.8. The van der Waals surface area contributed by atoms with Gasteiger partial charge < -0.3 is 19.4 Å². The Morgan fingerprint density at radius 1 is 1.24 bits per heavy atom. The summed E-state index contributed by atoms with van der Waals surface area (Å²) in [6.45, 7) is 5.76. The molecule has 0 bridgehead atoms. The van der Waals surface area contributed by atoms with Gasteiger partial charge in [-0.1, -0.05) is 0 Å². The van der Waals surface area contributed by atoms with Crippen molar-refractivity contribution in [1.29, 1.82) is 0 Å². The number of piperidine rings is 1. The topological polar surface area (TPSA) is 70.1 Å². The molecular weight excluding hydrogens is 371 g/mol. The molecule has 2 aliphatic rings. The lowest BCUT2D eigenvalue weighted by Gasteiger charge is -2.32. The van der Waals surface area contributed by atoms with Gasteiger partial charge in [0.1, 0.15) is 17.3 Å². The third-order valence-electron chi connectivity index (χ3n) is 6.29. The molecule has 3 aromatic rings. The Morgan fingerprint density at radius 3 is 2.93 bits per heavy atom. The van der Waals surface area contributed by atoms with Gasteiger partial charge in [0.2, 0.25) is 0 Å². The SMILES string of the molecule is Cc1c(C(=O)N2CCn3c(nnc3[C@H]3CCCN(C)C3)C2)[nH]c2ccc(F)cc12. The molecule has 152 valence electrons. The van der Waals surface area contributed by atoms with Crippen LogP contribution in [-0.2, 0) is 13.1 Å². The lowest BCUT2D eigenvalue weighted by Crippen LogP contribution is -2.40. The van der Waals surface area contributed by atoms with Gasteiger partial charge in [0.05, 0.1) is 6.54 Å². The first-order valence-corrected chi connectivity index (χ1v) is 10.2. The predicted octanol–water partition coefficient (Wildman–Crippen LogP) is 2.67. The van der Waals surface area contributed by atoms with Gasteiger partial charge >= 0.3 is 0 Å². The van der Waals surface area contributed by atoms with E-state index >= 15 is 0 Å². The first-order chi connectivity index (χ1) is 14.0. The van der Waals surface area contributed by atoms with E-state index in [2.05, 4.69) is 31.7 Å². The highest BCUT2D eigenvalue weighted by molar-refractivity contribution is 6.00. The van der Waals surface area contributed by atoms with E-state index < -0.39 is 0 Å². The highest BCUT2D eigenvalue weighted by Gasteiger charge is 2.30. The van der Waals surface area contributed by atoms with Crippen molar-refractivity contribution in [2.45, 2.75) is 38.8 Å². The van der Waals surface area contributed by atoms with Crippen LogP contribution >= 0.6 is 0 Å². The fraction of sp³-hybridized carbons (Fsp3) is 0.476. The van der Waals surface area contributed by atoms with Crippen molar-refractivity contribution in [3.63, 3.8) is 0 Å². The average molecular weight is 396 g/mol. The maximum Gasteiger partial charge on any atom is 0.271 e. The summed E-state index contributed by atoms with van der Waals surface area (Å²) in [7, 11) is 2.15. The standard InChI is InChI=1S/C21H25FN6O/c1-13-16-10-15(22)5-6-17(16)23-19(13)21(29)27-8-9-28-18(12-27)24-25-20(28)14-4-3-7-26(2)11-14/h5-6,10,14,23H,3-4,7-9,11-12H2,1-2H3/t14-/m0/s1. The molecule has 1 atom stereocenters. The highest BCUT2D eigenvalue weighted by atomic mass is 19.1. The minimum Gasteiger partial charge on any atom is -0.350 e. The van der Waals surface area contributed by atoms with E-state index in [-0.39, 0.29) is 11.7 Å². The lowest BCUT2D eigenvalue weighted by molar-refractivity contribution is 0.0699. The third kappa shape index (κ3) is 3.11. The van der Waals surface area contributed by atoms with E-state index in [4.69, 9.17) is 0 Å². The second-order valence-corrected chi connectivity index (χ2v) is 8.27. The summed E-state index contributed by atoms with van der Waals surface area (Å²) in [6, 6.07) is 4.55. The second-order valence-electron chi connectivity index (χ2n) is 8.27. The third-order valence-corrected chi connectivity index (χ3v) is 6.29. The van der Waals surface area contributed by atoms with E-state index in [0.717, 1.165) is 47.6 Å². The first kappa shape index (κ1) is 18.3. The van der Waals surface area contributed by atoms with Crippen molar-refractivity contribution >= 4 is 16.8 Å². The van der Waals surface area contributed by atoms with Crippen LogP contribution in [0.1, 0.15) is 46.5 Å². The van der Waals surface area contributed by atoms with Crippen LogP contribution in [0.2, 0.25) is 0 Å². The van der Waals surface area contributed by atoms with Gasteiger partial charge in [-0.3, -0.25) is 4.79 Å². The van der Waals surface area contributed by atoms with Crippen molar-refractivity contribution < 1.29 is 9.18 Å². The zero-order chi connectivity index (χ0) is 20.1. The number of nitrogens with zero attached hydrogens (tertiary/aromatic N) is 5. The number of rotatable bonds is 2. The van der Waals surface area contributed by atoms with Crippen molar-refractivity contribution in [2.75, 3.05) is 26.7 Å². The number of H-pyrrole nitrogens is 1. The summed E-state index contributed by atoms with van der Waals surface area (Å²) in [4.78, 5) is 20.5. The molecule has 0 radical (unpaired) electrons. The molecule has 1 aromatic carbocycles. The summed E-state index contributed by atoms with van der Waals surface area (Å²) in [5.41, 5.74) is 2.08. The molecule has 1 saturated heterocycles. The van der Waals surface area contributed by atoms with Gasteiger partial charge in [-0.25, -0.2) is 4.39 Å². The Morgan fingerprint density at radius 2 is 2.10 bits per heavy atom. The van der Waals surface area contributed by atoms with Gasteiger partial charge in [-0.2, -0.15) is 0 Å². The summed E-state index contributed by atoms with van der Waals surface area (Å²) in [5, 5.41) is 9.63. The quantitative estimate of drug-likeness (QED) is 0.723. The monoisotopic (exact) mass is 396 g/mol. The van der Waals surface area contributed by atoms with E-state index in [1.807, 2.05) is 6.92 Å². The molecule has 0 spiro atoms. The van der Waals surface area contributed by atoms with Crippen molar-refractivity contribution in [2.24, 2.45) is 0 Å². The molecule has 0 aliphatic carbocycles. The van der Waals surface area contributed by atoms with Crippen LogP contribution in [0.25, 0.3) is 10.9 Å². The normalized spacial score (nSPS) is 20.2. The van der Waals surface area contributed by atoms with E-state index in [1.165, 1.54) is 18.6 Å². The summed E-state index contributed by atoms with van der Waals surface area (Å²) in [6.07, 6.45) is 2.31. The molecule has 1 fully saturated rings. The van der Waals surface area contributed by atoms with Crippen LogP contribution in [0, 0.1) is 12.7 Å². The Kier molecular flexibility index (Phi) is 4.38. The number of nitrogens with one attached hydrogen (secondary N) is 1. The van der Waals surface area contributed by atoms with Gasteiger partial charge in [-0.15, -0.1) is 10.2 Å². The number of amides is 1. The number of likely N-dealkylation sites (N-methyl/N-ethyl adjacent to an activating group) is 1. The van der Waals surface area contributed by atoms with Gasteiger partial charge in [-0.05, 0) is 57.1 Å². The number of hydrogen-bond acceptors (Lipinski definition) is 4. The minimum absolute atomic E-state index is 0.0766. The summed E-state index contributed by atoms with van der Waals surface area (Å²) >= 11 is 0. The second kappa shape index (κ2) is 6.95. The molecule has 5 rings (SSSR count). The molecule has 0 saturated carbocycles. The highest BCUT2D eigenvalue weighted by Crippen LogP contribution is 2.28. The molecule has 0 unspecified atom stereocenters. The smallest absolute Gasteiger partial charge is 0.271 e. The fourth-order valence-corrected chi connectivity index (χ4v) is 4.70. The number of likely N-dealkylation sites (tertiary alicyclic amines) is 1. The average Bonchev–Trinajstić information content (AvgIpc) is 3.28. The number of hydrogen-bond donors (Lipinski definition) is 1. The minimum atomic E-state index is -0.300. The molecular formula is C21H25FN6O. The van der Waals surface area contributed by atoms with Crippen LogP contribution in [0.5, 0.6) is 0 Å². The van der Waals surface area contributed by atoms with Gasteiger partial charge in [0.25, 0.3) is 5.91 Å². The molecule has 2 aliphatic heterocycles. The van der Waals surface area contributed by atoms with Gasteiger partial charge in [0.15, 0.2) is 5.82 Å². The number of aryl methyl sites for hydroxylation is 1. The molecule has 2 aromatic heterocycles. The first-order valence-electron chi connectivity index (χ1n) is 10.2. The van der Waals surface area contributed by atoms with Crippen LogP contribution in [0.15, 0.2) is 18.2 Å². The van der Waals surface area contributed by atoms with E-state index in [1.54, 1.807) is 11.0 Å². The molecule has 1 amide bonds. The number of carbonyl (C=O) groups excluding carboxylic acids is 1. The molecule has 29 heavy (non-hydrogen) atoms. The van der Waals surface area contributed by atoms with Gasteiger partial charge in [0, 0.05) is 36.5 Å². The van der Waals surface area contributed by atoms with Crippen molar-refractivity contribution in [3.05, 3.63) is 46.9 Å². The van der Waals surface area contributed by atoms with E-state index in [9.17, 15) is 9.18 Å². The number of carbonyl (C=O) groups is 1. The summed E-state index contributed by atoms with van der Waals surface area (Å²) < 4.78 is 15.8. The van der Waals surface area contributed by atoms with Crippen molar-refractivity contribution in [1.82, 2.24) is 29.5 Å². The predicted molar refractivity (Wildman–Crippen MR) is 107 cm³/mol. The number of halogens is 1. The number of benzene rings is 1. The molecule has 7 nitrogen and oxygen atoms in total. The van der Waals surface area contributed by atoms with Crippen LogP contribution < -0.4 is 0 Å². The number of fused-ring (bicyclic) bond motifs is 2. The maximum absolute atomic E-state index is 13.6. The number of aromatic nitrogens is 4. The van der Waals surface area contributed by atoms with Crippen LogP contribution in [0.4, 0.5) is 4.39 Å². The Hall–Kier alpha value is -2.74. The zero-order valence-electron chi connectivity index (χ0n) is 16.8. The molecule has 1 N–H and O–H groups in total. The van der Waals surface area contributed by atoms with Crippen molar-refractivity contribution in [3.8, 4) is 0 Å². The van der Waals surface area contributed by atoms with Crippen LogP contribution in [-0.4, -0.2) is 62.1 Å². The Balaban J connectivity index is 1.39. The molecule has 8 heteroatoms. The van der Waals surface area contributed by atoms with E-state index in [0.29, 0.717) is 31.2 Å².